The van der Waals surface area contributed by atoms with Crippen molar-refractivity contribution in [3.63, 3.8) is 0 Å². The molecule has 0 aliphatic carbocycles. The summed E-state index contributed by atoms with van der Waals surface area (Å²) in [5.74, 6) is -2.13. The zero-order valence-corrected chi connectivity index (χ0v) is 10.2. The van der Waals surface area contributed by atoms with Crippen molar-refractivity contribution >= 4 is 11.9 Å². The van der Waals surface area contributed by atoms with Crippen molar-refractivity contribution in [3.8, 4) is 0 Å². The molecule has 0 heterocycles. The Kier molecular flexibility index (Phi) is 5.33. The Hall–Kier alpha value is -1.06. The van der Waals surface area contributed by atoms with Crippen molar-refractivity contribution in [2.75, 3.05) is 7.05 Å². The molecule has 0 rings (SSSR count). The molecule has 88 valence electrons. The van der Waals surface area contributed by atoms with Gasteiger partial charge in [-0.25, -0.2) is 0 Å². The van der Waals surface area contributed by atoms with Gasteiger partial charge in [0.2, 0.25) is 5.91 Å². The van der Waals surface area contributed by atoms with E-state index in [4.69, 9.17) is 5.11 Å². The van der Waals surface area contributed by atoms with Gasteiger partial charge in [-0.2, -0.15) is 0 Å². The van der Waals surface area contributed by atoms with Crippen LogP contribution in [0, 0.1) is 11.8 Å². The molecule has 1 N–H and O–H groups in total. The number of carbonyl (C=O) groups excluding carboxylic acids is 1. The molecule has 0 saturated heterocycles. The predicted octanol–water partition coefficient (Wildman–Crippen LogP) is 1.60. The average Bonchev–Trinajstić information content (AvgIpc) is 2.23. The van der Waals surface area contributed by atoms with Gasteiger partial charge >= 0.3 is 5.97 Å². The van der Waals surface area contributed by atoms with Gasteiger partial charge in [-0.3, -0.25) is 9.59 Å². The van der Waals surface area contributed by atoms with Gasteiger partial charge < -0.3 is 10.0 Å². The van der Waals surface area contributed by atoms with Crippen molar-refractivity contribution in [1.29, 1.82) is 0 Å². The van der Waals surface area contributed by atoms with Gasteiger partial charge in [-0.1, -0.05) is 20.8 Å². The minimum absolute atomic E-state index is 0.0979. The van der Waals surface area contributed by atoms with E-state index in [1.807, 2.05) is 13.8 Å². The lowest BCUT2D eigenvalue weighted by Crippen LogP contribution is -2.41. The van der Waals surface area contributed by atoms with E-state index >= 15 is 0 Å². The van der Waals surface area contributed by atoms with Crippen LogP contribution in [0.2, 0.25) is 0 Å². The smallest absolute Gasteiger partial charge is 0.307 e. The van der Waals surface area contributed by atoms with E-state index in [1.54, 1.807) is 25.8 Å². The zero-order valence-electron chi connectivity index (χ0n) is 10.2. The molecule has 0 spiro atoms. The van der Waals surface area contributed by atoms with Gasteiger partial charge in [-0.05, 0) is 13.3 Å². The van der Waals surface area contributed by atoms with E-state index in [2.05, 4.69) is 0 Å². The number of carboxylic acid groups (broad SMARTS) is 1. The highest BCUT2D eigenvalue weighted by atomic mass is 16.4. The first-order valence-electron chi connectivity index (χ1n) is 5.32. The fourth-order valence-corrected chi connectivity index (χ4v) is 1.24. The Morgan fingerprint density at radius 2 is 1.67 bits per heavy atom. The fraction of sp³-hybridized carbons (Fsp3) is 0.818. The number of carbonyl (C=O) groups is 2. The lowest BCUT2D eigenvalue weighted by atomic mass is 9.94. The van der Waals surface area contributed by atoms with E-state index < -0.39 is 17.8 Å². The van der Waals surface area contributed by atoms with Gasteiger partial charge in [0.05, 0.1) is 5.92 Å². The Labute approximate surface area is 91.3 Å². The third-order valence-electron chi connectivity index (χ3n) is 3.13. The van der Waals surface area contributed by atoms with Crippen LogP contribution in [0.25, 0.3) is 0 Å². The van der Waals surface area contributed by atoms with Crippen molar-refractivity contribution in [2.24, 2.45) is 11.8 Å². The van der Waals surface area contributed by atoms with Crippen molar-refractivity contribution in [1.82, 2.24) is 4.90 Å². The summed E-state index contributed by atoms with van der Waals surface area (Å²) >= 11 is 0. The molecule has 0 aromatic rings. The molecule has 15 heavy (non-hydrogen) atoms. The maximum atomic E-state index is 11.9. The molecule has 3 unspecified atom stereocenters. The quantitative estimate of drug-likeness (QED) is 0.757. The van der Waals surface area contributed by atoms with Crippen LogP contribution < -0.4 is 0 Å². The number of amides is 1. The van der Waals surface area contributed by atoms with Crippen LogP contribution in [0.3, 0.4) is 0 Å². The summed E-state index contributed by atoms with van der Waals surface area (Å²) in [6.07, 6.45) is 0.871. The van der Waals surface area contributed by atoms with Crippen molar-refractivity contribution in [2.45, 2.75) is 40.2 Å². The standard InChI is InChI=1S/C11H21NO3/c1-6-7(2)12(5)10(13)8(3)9(4)11(14)15/h7-9H,6H2,1-5H3,(H,14,15). The van der Waals surface area contributed by atoms with Crippen LogP contribution in [0.4, 0.5) is 0 Å². The maximum absolute atomic E-state index is 11.9. The fourth-order valence-electron chi connectivity index (χ4n) is 1.24. The van der Waals surface area contributed by atoms with Crippen molar-refractivity contribution in [3.05, 3.63) is 0 Å². The van der Waals surface area contributed by atoms with Crippen LogP contribution in [0.1, 0.15) is 34.1 Å². The molecular formula is C11H21NO3. The first-order valence-corrected chi connectivity index (χ1v) is 5.32. The highest BCUT2D eigenvalue weighted by molar-refractivity contribution is 5.84. The van der Waals surface area contributed by atoms with Gasteiger partial charge in [0, 0.05) is 19.0 Å². The highest BCUT2D eigenvalue weighted by Crippen LogP contribution is 2.15. The lowest BCUT2D eigenvalue weighted by Gasteiger charge is -2.28. The third kappa shape index (κ3) is 3.53. The molecule has 0 aromatic carbocycles. The number of nitrogens with zero attached hydrogens (tertiary/aromatic N) is 1. The summed E-state index contributed by atoms with van der Waals surface area (Å²) in [5.41, 5.74) is 0. The number of aliphatic carboxylic acids is 1. The van der Waals surface area contributed by atoms with Gasteiger partial charge in [0.1, 0.15) is 0 Å². The molecule has 4 nitrogen and oxygen atoms in total. The van der Waals surface area contributed by atoms with E-state index in [0.717, 1.165) is 6.42 Å². The predicted molar refractivity (Wildman–Crippen MR) is 58.5 cm³/mol. The monoisotopic (exact) mass is 215 g/mol. The van der Waals surface area contributed by atoms with Crippen LogP contribution >= 0.6 is 0 Å². The first kappa shape index (κ1) is 13.9. The largest absolute Gasteiger partial charge is 0.481 e. The number of hydrogen-bond donors (Lipinski definition) is 1. The summed E-state index contributed by atoms with van der Waals surface area (Å²) < 4.78 is 0. The number of carboxylic acids is 1. The van der Waals surface area contributed by atoms with Gasteiger partial charge in [-0.15, -0.1) is 0 Å². The van der Waals surface area contributed by atoms with Crippen molar-refractivity contribution < 1.29 is 14.7 Å². The Morgan fingerprint density at radius 3 is 2.00 bits per heavy atom. The van der Waals surface area contributed by atoms with Gasteiger partial charge in [0.25, 0.3) is 0 Å². The highest BCUT2D eigenvalue weighted by Gasteiger charge is 2.29. The normalized spacial score (nSPS) is 16.6. The van der Waals surface area contributed by atoms with E-state index in [9.17, 15) is 9.59 Å². The van der Waals surface area contributed by atoms with Crippen LogP contribution in [0.5, 0.6) is 0 Å². The Morgan fingerprint density at radius 1 is 1.20 bits per heavy atom. The second kappa shape index (κ2) is 5.73. The Balaban J connectivity index is 4.50. The molecular weight excluding hydrogens is 194 g/mol. The topological polar surface area (TPSA) is 57.6 Å². The third-order valence-corrected chi connectivity index (χ3v) is 3.13. The summed E-state index contributed by atoms with van der Waals surface area (Å²) in [6.45, 7) is 7.19. The molecule has 0 bridgehead atoms. The second-order valence-corrected chi connectivity index (χ2v) is 4.12. The lowest BCUT2D eigenvalue weighted by molar-refractivity contribution is -0.149. The molecule has 3 atom stereocenters. The molecule has 0 aliphatic rings. The summed E-state index contributed by atoms with van der Waals surface area (Å²) in [4.78, 5) is 24.2. The maximum Gasteiger partial charge on any atom is 0.307 e. The molecule has 0 fully saturated rings. The summed E-state index contributed by atoms with van der Waals surface area (Å²) in [7, 11) is 1.72. The van der Waals surface area contributed by atoms with Crippen LogP contribution in [-0.4, -0.2) is 35.0 Å². The number of rotatable bonds is 5. The van der Waals surface area contributed by atoms with Gasteiger partial charge in [0.15, 0.2) is 0 Å². The zero-order chi connectivity index (χ0) is 12.2. The molecule has 0 aromatic heterocycles. The van der Waals surface area contributed by atoms with E-state index in [0.29, 0.717) is 0 Å². The van der Waals surface area contributed by atoms with E-state index in [1.165, 1.54) is 0 Å². The first-order chi connectivity index (χ1) is 6.82. The molecule has 1 amide bonds. The number of hydrogen-bond acceptors (Lipinski definition) is 2. The summed E-state index contributed by atoms with van der Waals surface area (Å²) in [6, 6.07) is 0.154. The van der Waals surface area contributed by atoms with E-state index in [-0.39, 0.29) is 11.9 Å². The Bertz CT molecular complexity index is 240. The molecule has 0 aliphatic heterocycles. The van der Waals surface area contributed by atoms with Crippen LogP contribution in [0.15, 0.2) is 0 Å². The molecule has 4 heteroatoms. The minimum atomic E-state index is -0.923. The summed E-state index contributed by atoms with van der Waals surface area (Å²) in [5, 5.41) is 8.81. The minimum Gasteiger partial charge on any atom is -0.481 e. The second-order valence-electron chi connectivity index (χ2n) is 4.12. The average molecular weight is 215 g/mol. The van der Waals surface area contributed by atoms with Crippen LogP contribution in [-0.2, 0) is 9.59 Å². The SMILES string of the molecule is CCC(C)N(C)C(=O)C(C)C(C)C(=O)O. The molecule has 0 radical (unpaired) electrons. The molecule has 0 saturated carbocycles.